The smallest absolute Gasteiger partial charge is 0.191 e. The summed E-state index contributed by atoms with van der Waals surface area (Å²) in [6.45, 7) is 5.04. The van der Waals surface area contributed by atoms with E-state index in [0.29, 0.717) is 19.0 Å². The van der Waals surface area contributed by atoms with E-state index >= 15 is 0 Å². The van der Waals surface area contributed by atoms with Crippen molar-refractivity contribution in [3.05, 3.63) is 47.4 Å². The molecule has 0 fully saturated rings. The molecule has 0 bridgehead atoms. The Balaban J connectivity index is 1.87. The van der Waals surface area contributed by atoms with Gasteiger partial charge in [-0.1, -0.05) is 0 Å². The lowest BCUT2D eigenvalue weighted by Gasteiger charge is -2.11. The van der Waals surface area contributed by atoms with Gasteiger partial charge in [0.1, 0.15) is 11.6 Å². The van der Waals surface area contributed by atoms with Crippen LogP contribution in [0.2, 0.25) is 0 Å². The summed E-state index contributed by atoms with van der Waals surface area (Å²) in [5.41, 5.74) is 1.91. The van der Waals surface area contributed by atoms with E-state index in [0.717, 1.165) is 23.0 Å². The Hall–Kier alpha value is -2.37. The zero-order valence-electron chi connectivity index (χ0n) is 12.0. The average molecular weight is 273 g/mol. The Labute approximate surface area is 118 Å². The first kappa shape index (κ1) is 14.0. The number of furan rings is 1. The summed E-state index contributed by atoms with van der Waals surface area (Å²) < 4.78 is 5.26. The van der Waals surface area contributed by atoms with Crippen LogP contribution in [0, 0.1) is 13.8 Å². The van der Waals surface area contributed by atoms with Gasteiger partial charge in [-0.2, -0.15) is 0 Å². The van der Waals surface area contributed by atoms with E-state index in [9.17, 15) is 0 Å². The van der Waals surface area contributed by atoms with Crippen LogP contribution in [0.1, 0.15) is 23.0 Å². The fourth-order valence-corrected chi connectivity index (χ4v) is 1.86. The Bertz CT molecular complexity index is 557. The van der Waals surface area contributed by atoms with Gasteiger partial charge in [0.15, 0.2) is 5.96 Å². The molecule has 2 aromatic heterocycles. The van der Waals surface area contributed by atoms with E-state index in [4.69, 9.17) is 4.42 Å². The average Bonchev–Trinajstić information content (AvgIpc) is 2.91. The van der Waals surface area contributed by atoms with Gasteiger partial charge < -0.3 is 15.1 Å². The molecule has 0 amide bonds. The predicted molar refractivity (Wildman–Crippen MR) is 77.3 cm³/mol. The number of nitrogens with zero attached hydrogens (tertiary/aromatic N) is 3. The standard InChI is InChI=1S/C14H19N5O/c1-10-7-12(19-11(2)18-10)8-16-14(15-3)17-9-13-5-4-6-20-13/h4-7H,8-9H2,1-3H3,(H2,15,16,17). The van der Waals surface area contributed by atoms with E-state index in [1.165, 1.54) is 0 Å². The maximum absolute atomic E-state index is 5.26. The van der Waals surface area contributed by atoms with Gasteiger partial charge in [-0.3, -0.25) is 4.99 Å². The summed E-state index contributed by atoms with van der Waals surface area (Å²) >= 11 is 0. The fraction of sp³-hybridized carbons (Fsp3) is 0.357. The summed E-state index contributed by atoms with van der Waals surface area (Å²) in [5.74, 6) is 2.34. The number of nitrogens with one attached hydrogen (secondary N) is 2. The molecule has 0 aliphatic rings. The summed E-state index contributed by atoms with van der Waals surface area (Å²) in [4.78, 5) is 12.8. The van der Waals surface area contributed by atoms with Crippen molar-refractivity contribution in [2.75, 3.05) is 7.05 Å². The number of rotatable bonds is 4. The molecular formula is C14H19N5O. The molecule has 2 aromatic rings. The van der Waals surface area contributed by atoms with Crippen molar-refractivity contribution < 1.29 is 4.42 Å². The maximum atomic E-state index is 5.26. The second-order valence-electron chi connectivity index (χ2n) is 4.41. The highest BCUT2D eigenvalue weighted by molar-refractivity contribution is 5.79. The van der Waals surface area contributed by atoms with Gasteiger partial charge in [-0.15, -0.1) is 0 Å². The van der Waals surface area contributed by atoms with Crippen LogP contribution in [-0.4, -0.2) is 23.0 Å². The van der Waals surface area contributed by atoms with Crippen molar-refractivity contribution in [3.63, 3.8) is 0 Å². The number of aromatic nitrogens is 2. The largest absolute Gasteiger partial charge is 0.467 e. The van der Waals surface area contributed by atoms with Crippen LogP contribution in [0.15, 0.2) is 33.9 Å². The molecule has 0 saturated heterocycles. The molecule has 0 unspecified atom stereocenters. The van der Waals surface area contributed by atoms with E-state index in [1.54, 1.807) is 13.3 Å². The highest BCUT2D eigenvalue weighted by atomic mass is 16.3. The number of aliphatic imine (C=N–C) groups is 1. The fourth-order valence-electron chi connectivity index (χ4n) is 1.86. The molecule has 2 rings (SSSR count). The van der Waals surface area contributed by atoms with Gasteiger partial charge in [0.05, 0.1) is 25.0 Å². The molecule has 20 heavy (non-hydrogen) atoms. The van der Waals surface area contributed by atoms with E-state index in [2.05, 4.69) is 25.6 Å². The number of guanidine groups is 1. The molecule has 6 heteroatoms. The first-order chi connectivity index (χ1) is 9.67. The first-order valence-corrected chi connectivity index (χ1v) is 6.45. The van der Waals surface area contributed by atoms with Crippen molar-refractivity contribution in [2.45, 2.75) is 26.9 Å². The van der Waals surface area contributed by atoms with Crippen molar-refractivity contribution >= 4 is 5.96 Å². The van der Waals surface area contributed by atoms with Gasteiger partial charge in [0, 0.05) is 12.7 Å². The molecule has 0 spiro atoms. The van der Waals surface area contributed by atoms with Crippen LogP contribution in [0.5, 0.6) is 0 Å². The third-order valence-corrected chi connectivity index (χ3v) is 2.69. The quantitative estimate of drug-likeness (QED) is 0.653. The molecule has 106 valence electrons. The van der Waals surface area contributed by atoms with Crippen molar-refractivity contribution in [2.24, 2.45) is 4.99 Å². The van der Waals surface area contributed by atoms with Crippen LogP contribution < -0.4 is 10.6 Å². The Morgan fingerprint density at radius 2 is 2.05 bits per heavy atom. The maximum Gasteiger partial charge on any atom is 0.191 e. The van der Waals surface area contributed by atoms with Crippen molar-refractivity contribution in [3.8, 4) is 0 Å². The normalized spacial score (nSPS) is 11.4. The lowest BCUT2D eigenvalue weighted by molar-refractivity contribution is 0.501. The number of hydrogen-bond donors (Lipinski definition) is 2. The number of aryl methyl sites for hydroxylation is 2. The molecule has 0 aromatic carbocycles. The molecule has 0 saturated carbocycles. The summed E-state index contributed by atoms with van der Waals surface area (Å²) in [7, 11) is 1.73. The molecule has 0 radical (unpaired) electrons. The Kier molecular flexibility index (Phi) is 4.70. The lowest BCUT2D eigenvalue weighted by atomic mass is 10.3. The molecule has 0 atom stereocenters. The van der Waals surface area contributed by atoms with Crippen LogP contribution >= 0.6 is 0 Å². The minimum absolute atomic E-state index is 0.592. The van der Waals surface area contributed by atoms with Gasteiger partial charge in [0.25, 0.3) is 0 Å². The van der Waals surface area contributed by atoms with Gasteiger partial charge in [0.2, 0.25) is 0 Å². The summed E-state index contributed by atoms with van der Waals surface area (Å²) in [6, 6.07) is 5.73. The molecule has 0 aliphatic carbocycles. The zero-order valence-corrected chi connectivity index (χ0v) is 12.0. The van der Waals surface area contributed by atoms with Gasteiger partial charge in [-0.25, -0.2) is 9.97 Å². The second kappa shape index (κ2) is 6.70. The van der Waals surface area contributed by atoms with Crippen molar-refractivity contribution in [1.29, 1.82) is 0 Å². The SMILES string of the molecule is CN=C(NCc1cc(C)nc(C)n1)NCc1ccco1. The summed E-state index contributed by atoms with van der Waals surface area (Å²) in [5, 5.41) is 6.38. The topological polar surface area (TPSA) is 75.3 Å². The minimum atomic E-state index is 0.592. The molecule has 2 N–H and O–H groups in total. The lowest BCUT2D eigenvalue weighted by Crippen LogP contribution is -2.36. The van der Waals surface area contributed by atoms with E-state index < -0.39 is 0 Å². The molecule has 0 aliphatic heterocycles. The van der Waals surface area contributed by atoms with E-state index in [1.807, 2.05) is 32.0 Å². The van der Waals surface area contributed by atoms with E-state index in [-0.39, 0.29) is 0 Å². The van der Waals surface area contributed by atoms with Gasteiger partial charge >= 0.3 is 0 Å². The van der Waals surface area contributed by atoms with Crippen LogP contribution in [0.25, 0.3) is 0 Å². The summed E-state index contributed by atoms with van der Waals surface area (Å²) in [6.07, 6.45) is 1.65. The second-order valence-corrected chi connectivity index (χ2v) is 4.41. The minimum Gasteiger partial charge on any atom is -0.467 e. The van der Waals surface area contributed by atoms with Crippen LogP contribution in [0.3, 0.4) is 0 Å². The highest BCUT2D eigenvalue weighted by Crippen LogP contribution is 2.00. The predicted octanol–water partition coefficient (Wildman–Crippen LogP) is 1.55. The third kappa shape index (κ3) is 4.08. The zero-order chi connectivity index (χ0) is 14.4. The Morgan fingerprint density at radius 3 is 2.70 bits per heavy atom. The van der Waals surface area contributed by atoms with Crippen LogP contribution in [-0.2, 0) is 13.1 Å². The Morgan fingerprint density at radius 1 is 1.25 bits per heavy atom. The van der Waals surface area contributed by atoms with Crippen molar-refractivity contribution in [1.82, 2.24) is 20.6 Å². The van der Waals surface area contributed by atoms with Gasteiger partial charge in [-0.05, 0) is 32.0 Å². The third-order valence-electron chi connectivity index (χ3n) is 2.69. The highest BCUT2D eigenvalue weighted by Gasteiger charge is 2.02. The molecule has 2 heterocycles. The molecular weight excluding hydrogens is 254 g/mol. The number of hydrogen-bond acceptors (Lipinski definition) is 4. The molecule has 6 nitrogen and oxygen atoms in total. The monoisotopic (exact) mass is 273 g/mol. The first-order valence-electron chi connectivity index (χ1n) is 6.45. The van der Waals surface area contributed by atoms with Crippen LogP contribution in [0.4, 0.5) is 0 Å².